The fourth-order valence-corrected chi connectivity index (χ4v) is 5.05. The maximum atomic E-state index is 13.1. The molecule has 0 bridgehead atoms. The van der Waals surface area contributed by atoms with Crippen molar-refractivity contribution in [3.63, 3.8) is 0 Å². The summed E-state index contributed by atoms with van der Waals surface area (Å²) in [6.07, 6.45) is 0.664. The summed E-state index contributed by atoms with van der Waals surface area (Å²) in [7, 11) is -3.53. The van der Waals surface area contributed by atoms with Gasteiger partial charge >= 0.3 is 0 Å². The lowest BCUT2D eigenvalue weighted by Gasteiger charge is -2.34. The quantitative estimate of drug-likeness (QED) is 0.840. The topological polar surface area (TPSA) is 55.8 Å². The molecule has 0 saturated heterocycles. The highest BCUT2D eigenvalue weighted by Crippen LogP contribution is 2.38. The number of hydrogen-bond acceptors (Lipinski definition) is 4. The first-order valence-electron chi connectivity index (χ1n) is 7.95. The van der Waals surface area contributed by atoms with E-state index in [0.29, 0.717) is 23.6 Å². The van der Waals surface area contributed by atoms with Crippen LogP contribution in [0.25, 0.3) is 0 Å². The minimum absolute atomic E-state index is 0.108. The Kier molecular flexibility index (Phi) is 3.54. The number of rotatable bonds is 2. The molecule has 1 atom stereocenters. The van der Waals surface area contributed by atoms with Crippen molar-refractivity contribution in [2.75, 3.05) is 6.79 Å². The summed E-state index contributed by atoms with van der Waals surface area (Å²) < 4.78 is 38.5. The minimum Gasteiger partial charge on any atom is -0.454 e. The van der Waals surface area contributed by atoms with Crippen molar-refractivity contribution in [1.29, 1.82) is 0 Å². The highest BCUT2D eigenvalue weighted by atomic mass is 32.2. The number of hydrogen-bond donors (Lipinski definition) is 0. The molecule has 2 aliphatic rings. The molecule has 0 aliphatic carbocycles. The molecule has 2 aliphatic heterocycles. The molecule has 0 N–H and O–H groups in total. The third-order valence-corrected chi connectivity index (χ3v) is 6.58. The number of fused-ring (bicyclic) bond motifs is 2. The minimum atomic E-state index is -3.53. The van der Waals surface area contributed by atoms with E-state index in [1.807, 2.05) is 32.0 Å². The molecule has 126 valence electrons. The molecule has 2 aromatic rings. The van der Waals surface area contributed by atoms with Crippen LogP contribution in [0.2, 0.25) is 0 Å². The zero-order valence-corrected chi connectivity index (χ0v) is 14.5. The average Bonchev–Trinajstić information content (AvgIpc) is 2.99. The molecule has 0 spiro atoms. The van der Waals surface area contributed by atoms with Gasteiger partial charge in [-0.3, -0.25) is 0 Å². The van der Waals surface area contributed by atoms with Crippen LogP contribution in [0, 0.1) is 6.92 Å². The van der Waals surface area contributed by atoms with Gasteiger partial charge in [-0.05, 0) is 61.2 Å². The molecule has 0 radical (unpaired) electrons. The van der Waals surface area contributed by atoms with Crippen molar-refractivity contribution in [3.8, 4) is 11.5 Å². The van der Waals surface area contributed by atoms with Crippen LogP contribution in [0.4, 0.5) is 0 Å². The lowest BCUT2D eigenvalue weighted by molar-refractivity contribution is 0.174. The van der Waals surface area contributed by atoms with Gasteiger partial charge < -0.3 is 9.47 Å². The molecule has 24 heavy (non-hydrogen) atoms. The van der Waals surface area contributed by atoms with Crippen LogP contribution in [-0.2, 0) is 23.0 Å². The van der Waals surface area contributed by atoms with Gasteiger partial charge in [-0.2, -0.15) is 4.31 Å². The van der Waals surface area contributed by atoms with Gasteiger partial charge in [-0.25, -0.2) is 8.42 Å². The van der Waals surface area contributed by atoms with E-state index in [1.54, 1.807) is 22.5 Å². The molecule has 5 nitrogen and oxygen atoms in total. The molecule has 0 amide bonds. The Bertz CT molecular complexity index is 907. The second-order valence-electron chi connectivity index (χ2n) is 6.39. The number of nitrogens with zero attached hydrogens (tertiary/aromatic N) is 1. The average molecular weight is 345 g/mol. The molecule has 4 rings (SSSR count). The van der Waals surface area contributed by atoms with Gasteiger partial charge in [0.15, 0.2) is 11.5 Å². The van der Waals surface area contributed by atoms with Crippen molar-refractivity contribution in [2.24, 2.45) is 0 Å². The molecule has 1 unspecified atom stereocenters. The van der Waals surface area contributed by atoms with E-state index in [-0.39, 0.29) is 12.8 Å². The van der Waals surface area contributed by atoms with Crippen LogP contribution in [0.5, 0.6) is 11.5 Å². The predicted molar refractivity (Wildman–Crippen MR) is 89.6 cm³/mol. The first kappa shape index (κ1) is 15.5. The SMILES string of the molecule is Cc1cccc(S(=O)(=O)N2Cc3cc4c(cc3CC2C)OCO4)c1. The summed E-state index contributed by atoms with van der Waals surface area (Å²) in [5, 5.41) is 0. The van der Waals surface area contributed by atoms with Gasteiger partial charge in [-0.1, -0.05) is 12.1 Å². The number of benzene rings is 2. The second kappa shape index (κ2) is 5.50. The summed E-state index contributed by atoms with van der Waals surface area (Å²) in [5.41, 5.74) is 3.04. The molecule has 0 aromatic heterocycles. The third-order valence-electron chi connectivity index (χ3n) is 4.62. The van der Waals surface area contributed by atoms with Crippen LogP contribution < -0.4 is 9.47 Å². The van der Waals surface area contributed by atoms with Crippen LogP contribution in [0.1, 0.15) is 23.6 Å². The summed E-state index contributed by atoms with van der Waals surface area (Å²) in [5.74, 6) is 1.44. The largest absolute Gasteiger partial charge is 0.454 e. The van der Waals surface area contributed by atoms with Crippen LogP contribution in [-0.4, -0.2) is 25.6 Å². The highest BCUT2D eigenvalue weighted by Gasteiger charge is 2.34. The van der Waals surface area contributed by atoms with E-state index in [9.17, 15) is 8.42 Å². The Morgan fingerprint density at radius 3 is 2.50 bits per heavy atom. The maximum absolute atomic E-state index is 13.1. The van der Waals surface area contributed by atoms with Gasteiger partial charge in [-0.15, -0.1) is 0 Å². The molecular weight excluding hydrogens is 326 g/mol. The van der Waals surface area contributed by atoms with E-state index in [0.717, 1.165) is 22.4 Å². The number of sulfonamides is 1. The van der Waals surface area contributed by atoms with Crippen molar-refractivity contribution >= 4 is 10.0 Å². The van der Waals surface area contributed by atoms with Gasteiger partial charge in [0.25, 0.3) is 0 Å². The Morgan fingerprint density at radius 1 is 1.08 bits per heavy atom. The van der Waals surface area contributed by atoms with Crippen LogP contribution in [0.15, 0.2) is 41.3 Å². The molecule has 0 fully saturated rings. The summed E-state index contributed by atoms with van der Waals surface area (Å²) >= 11 is 0. The fraction of sp³-hybridized carbons (Fsp3) is 0.333. The Hall–Kier alpha value is -2.05. The van der Waals surface area contributed by atoms with Crippen LogP contribution in [0.3, 0.4) is 0 Å². The maximum Gasteiger partial charge on any atom is 0.243 e. The van der Waals surface area contributed by atoms with Crippen molar-refractivity contribution in [2.45, 2.75) is 37.8 Å². The summed E-state index contributed by atoms with van der Waals surface area (Å²) in [6.45, 7) is 4.41. The smallest absolute Gasteiger partial charge is 0.243 e. The summed E-state index contributed by atoms with van der Waals surface area (Å²) in [4.78, 5) is 0.346. The van der Waals surface area contributed by atoms with Gasteiger partial charge in [0, 0.05) is 12.6 Å². The Labute approximate surface area is 141 Å². The third kappa shape index (κ3) is 2.46. The first-order chi connectivity index (χ1) is 11.4. The van der Waals surface area contributed by atoms with E-state index in [4.69, 9.17) is 9.47 Å². The van der Waals surface area contributed by atoms with Gasteiger partial charge in [0.1, 0.15) is 0 Å². The van der Waals surface area contributed by atoms with Crippen molar-refractivity contribution in [3.05, 3.63) is 53.1 Å². The molecule has 6 heteroatoms. The molecule has 0 saturated carbocycles. The second-order valence-corrected chi connectivity index (χ2v) is 8.28. The lowest BCUT2D eigenvalue weighted by atomic mass is 9.96. The predicted octanol–water partition coefficient (Wildman–Crippen LogP) is 2.86. The molecule has 2 heterocycles. The number of ether oxygens (including phenoxy) is 2. The fourth-order valence-electron chi connectivity index (χ4n) is 3.34. The standard InChI is InChI=1S/C18H19NO4S/c1-12-4-3-5-16(6-12)24(20,21)19-10-15-9-18-17(22-11-23-18)8-14(15)7-13(19)2/h3-6,8-9,13H,7,10-11H2,1-2H3. The van der Waals surface area contributed by atoms with Crippen molar-refractivity contribution < 1.29 is 17.9 Å². The van der Waals surface area contributed by atoms with E-state index in [2.05, 4.69) is 0 Å². The van der Waals surface area contributed by atoms with Gasteiger partial charge in [0.2, 0.25) is 16.8 Å². The molecular formula is C18H19NO4S. The van der Waals surface area contributed by atoms with Crippen molar-refractivity contribution in [1.82, 2.24) is 4.31 Å². The zero-order chi connectivity index (χ0) is 16.9. The van der Waals surface area contributed by atoms with E-state index >= 15 is 0 Å². The van der Waals surface area contributed by atoms with Gasteiger partial charge in [0.05, 0.1) is 4.90 Å². The van der Waals surface area contributed by atoms with E-state index < -0.39 is 10.0 Å². The summed E-state index contributed by atoms with van der Waals surface area (Å²) in [6, 6.07) is 10.8. The van der Waals surface area contributed by atoms with Crippen LogP contribution >= 0.6 is 0 Å². The Balaban J connectivity index is 1.72. The Morgan fingerprint density at radius 2 is 1.79 bits per heavy atom. The normalized spacial score (nSPS) is 20.0. The molecule has 2 aromatic carbocycles. The number of aryl methyl sites for hydroxylation is 1. The first-order valence-corrected chi connectivity index (χ1v) is 9.39. The van der Waals surface area contributed by atoms with E-state index in [1.165, 1.54) is 0 Å². The zero-order valence-electron chi connectivity index (χ0n) is 13.7. The monoisotopic (exact) mass is 345 g/mol. The lowest BCUT2D eigenvalue weighted by Crippen LogP contribution is -2.42. The highest BCUT2D eigenvalue weighted by molar-refractivity contribution is 7.89.